The maximum atomic E-state index is 12.7. The zero-order chi connectivity index (χ0) is 21.6. The van der Waals surface area contributed by atoms with Gasteiger partial charge in [-0.25, -0.2) is 0 Å². The van der Waals surface area contributed by atoms with Gasteiger partial charge in [-0.05, 0) is 12.3 Å². The molecule has 1 aliphatic rings. The van der Waals surface area contributed by atoms with Crippen LogP contribution >= 0.6 is 0 Å². The first-order valence-corrected chi connectivity index (χ1v) is 11.0. The van der Waals surface area contributed by atoms with Gasteiger partial charge in [0, 0.05) is 12.5 Å². The van der Waals surface area contributed by atoms with Crippen molar-refractivity contribution in [3.8, 4) is 0 Å². The molecule has 4 amide bonds. The minimum atomic E-state index is -0.709. The molecule has 0 aromatic rings. The summed E-state index contributed by atoms with van der Waals surface area (Å²) in [5.41, 5.74) is 0. The van der Waals surface area contributed by atoms with E-state index in [2.05, 4.69) is 28.2 Å². The second kappa shape index (κ2) is 14.0. The van der Waals surface area contributed by atoms with E-state index in [0.29, 0.717) is 6.42 Å². The predicted octanol–water partition coefficient (Wildman–Crippen LogP) is 1.39. The highest BCUT2D eigenvalue weighted by atomic mass is 16.2. The summed E-state index contributed by atoms with van der Waals surface area (Å²) >= 11 is 0. The van der Waals surface area contributed by atoms with Gasteiger partial charge in [0.05, 0.1) is 13.1 Å². The summed E-state index contributed by atoms with van der Waals surface area (Å²) in [7, 11) is 0. The fourth-order valence-corrected chi connectivity index (χ4v) is 3.34. The number of hydrogen-bond donors (Lipinski definition) is 4. The highest BCUT2D eigenvalue weighted by Gasteiger charge is 2.27. The first kappa shape index (κ1) is 24.9. The Morgan fingerprint density at radius 2 is 1.38 bits per heavy atom. The predicted molar refractivity (Wildman–Crippen MR) is 112 cm³/mol. The summed E-state index contributed by atoms with van der Waals surface area (Å²) in [4.78, 5) is 48.8. The maximum Gasteiger partial charge on any atom is 0.243 e. The molecule has 0 bridgehead atoms. The Hall–Kier alpha value is -2.12. The van der Waals surface area contributed by atoms with Crippen molar-refractivity contribution in [3.05, 3.63) is 0 Å². The summed E-state index contributed by atoms with van der Waals surface area (Å²) in [6, 6.07) is -1.03. The summed E-state index contributed by atoms with van der Waals surface area (Å²) < 4.78 is 0. The number of rotatable bonds is 9. The lowest BCUT2D eigenvalue weighted by Crippen LogP contribution is -2.53. The third-order valence-electron chi connectivity index (χ3n) is 5.09. The van der Waals surface area contributed by atoms with Crippen LogP contribution in [-0.2, 0) is 19.2 Å². The molecule has 1 aliphatic heterocycles. The second-order valence-electron chi connectivity index (χ2n) is 8.16. The molecule has 0 spiro atoms. The maximum absolute atomic E-state index is 12.7. The van der Waals surface area contributed by atoms with Gasteiger partial charge in [0.2, 0.25) is 23.6 Å². The van der Waals surface area contributed by atoms with Crippen molar-refractivity contribution < 1.29 is 19.2 Å². The number of amides is 4. The van der Waals surface area contributed by atoms with E-state index in [0.717, 1.165) is 19.3 Å². The average Bonchev–Trinajstić information content (AvgIpc) is 2.67. The lowest BCUT2D eigenvalue weighted by atomic mass is 10.00. The lowest BCUT2D eigenvalue weighted by Gasteiger charge is -2.25. The Bertz CT molecular complexity index is 551. The smallest absolute Gasteiger partial charge is 0.243 e. The molecular weight excluding hydrogens is 372 g/mol. The van der Waals surface area contributed by atoms with Gasteiger partial charge in [0.15, 0.2) is 0 Å². The van der Waals surface area contributed by atoms with E-state index in [9.17, 15) is 19.2 Å². The number of carbonyl (C=O) groups excluding carboxylic acids is 4. The van der Waals surface area contributed by atoms with Crippen LogP contribution in [0, 0.1) is 5.92 Å². The molecule has 8 nitrogen and oxygen atoms in total. The van der Waals surface area contributed by atoms with Crippen LogP contribution in [0.4, 0.5) is 0 Å². The van der Waals surface area contributed by atoms with Crippen LogP contribution in [0.25, 0.3) is 0 Å². The van der Waals surface area contributed by atoms with Crippen LogP contribution in [-0.4, -0.2) is 48.8 Å². The normalized spacial score (nSPS) is 21.9. The number of unbranched alkanes of at least 4 members (excludes halogenated alkanes) is 6. The van der Waals surface area contributed by atoms with Crippen molar-refractivity contribution in [2.45, 2.75) is 90.6 Å². The largest absolute Gasteiger partial charge is 0.351 e. The van der Waals surface area contributed by atoms with Crippen LogP contribution in [0.2, 0.25) is 0 Å². The van der Waals surface area contributed by atoms with E-state index >= 15 is 0 Å². The minimum Gasteiger partial charge on any atom is -0.351 e. The van der Waals surface area contributed by atoms with Crippen molar-refractivity contribution in [2.24, 2.45) is 5.92 Å². The van der Waals surface area contributed by atoms with Gasteiger partial charge in [-0.2, -0.15) is 0 Å². The van der Waals surface area contributed by atoms with Crippen LogP contribution in [0.3, 0.4) is 0 Å². The molecular formula is C21H38N4O4. The summed E-state index contributed by atoms with van der Waals surface area (Å²) in [5, 5.41) is 10.6. The van der Waals surface area contributed by atoms with Gasteiger partial charge >= 0.3 is 0 Å². The molecule has 1 fully saturated rings. The van der Waals surface area contributed by atoms with Gasteiger partial charge in [0.25, 0.3) is 0 Å². The topological polar surface area (TPSA) is 116 Å². The SMILES string of the molecule is CCCCCCCCC[C@@H]1CC(=O)NCC(=O)NCC(=O)N[C@@H](C(C)C)C(=O)N1. The first-order chi connectivity index (χ1) is 13.8. The molecule has 2 atom stereocenters. The zero-order valence-electron chi connectivity index (χ0n) is 18.1. The van der Waals surface area contributed by atoms with Crippen molar-refractivity contribution in [1.82, 2.24) is 21.3 Å². The fourth-order valence-electron chi connectivity index (χ4n) is 3.34. The molecule has 0 aromatic heterocycles. The van der Waals surface area contributed by atoms with E-state index in [1.54, 1.807) is 0 Å². The molecule has 1 rings (SSSR count). The van der Waals surface area contributed by atoms with E-state index in [-0.39, 0.29) is 43.3 Å². The van der Waals surface area contributed by atoms with Crippen molar-refractivity contribution >= 4 is 23.6 Å². The van der Waals surface area contributed by atoms with Crippen LogP contribution in [0.15, 0.2) is 0 Å². The number of nitrogens with one attached hydrogen (secondary N) is 4. The Morgan fingerprint density at radius 1 is 0.793 bits per heavy atom. The molecule has 4 N–H and O–H groups in total. The molecule has 0 aliphatic carbocycles. The standard InChI is InChI=1S/C21H38N4O4/c1-4-5-6-7-8-9-10-11-16-12-17(26)22-13-18(27)23-14-19(28)25-20(15(2)3)21(29)24-16/h15-16,20H,4-14H2,1-3H3,(H,22,26)(H,23,27)(H,24,29)(H,25,28)/t16-,20+/m1/s1. The van der Waals surface area contributed by atoms with Gasteiger partial charge < -0.3 is 21.3 Å². The summed E-state index contributed by atoms with van der Waals surface area (Å²) in [5.74, 6) is -1.56. The highest BCUT2D eigenvalue weighted by molar-refractivity contribution is 5.92. The third kappa shape index (κ3) is 10.9. The van der Waals surface area contributed by atoms with Crippen molar-refractivity contribution in [1.29, 1.82) is 0 Å². The van der Waals surface area contributed by atoms with E-state index in [4.69, 9.17) is 0 Å². The molecule has 0 unspecified atom stereocenters. The summed E-state index contributed by atoms with van der Waals surface area (Å²) in [6.45, 7) is 5.47. The molecule has 0 radical (unpaired) electrons. The Kier molecular flexibility index (Phi) is 12.0. The van der Waals surface area contributed by atoms with Crippen molar-refractivity contribution in [2.75, 3.05) is 13.1 Å². The Morgan fingerprint density at radius 3 is 2.03 bits per heavy atom. The molecule has 1 heterocycles. The molecule has 1 saturated heterocycles. The quantitative estimate of drug-likeness (QED) is 0.430. The van der Waals surface area contributed by atoms with E-state index in [1.165, 1.54) is 25.7 Å². The summed E-state index contributed by atoms with van der Waals surface area (Å²) in [6.07, 6.45) is 8.87. The molecule has 8 heteroatoms. The first-order valence-electron chi connectivity index (χ1n) is 11.0. The molecule has 29 heavy (non-hydrogen) atoms. The monoisotopic (exact) mass is 410 g/mol. The average molecular weight is 411 g/mol. The van der Waals surface area contributed by atoms with Crippen LogP contribution < -0.4 is 21.3 Å². The second-order valence-corrected chi connectivity index (χ2v) is 8.16. The number of carbonyl (C=O) groups is 4. The number of hydrogen-bond acceptors (Lipinski definition) is 4. The lowest BCUT2D eigenvalue weighted by molar-refractivity contribution is -0.130. The van der Waals surface area contributed by atoms with Crippen LogP contribution in [0.1, 0.15) is 78.6 Å². The van der Waals surface area contributed by atoms with E-state index < -0.39 is 17.9 Å². The van der Waals surface area contributed by atoms with Gasteiger partial charge in [-0.1, -0.05) is 65.7 Å². The highest BCUT2D eigenvalue weighted by Crippen LogP contribution is 2.12. The Labute approximate surface area is 174 Å². The minimum absolute atomic E-state index is 0.118. The zero-order valence-corrected chi connectivity index (χ0v) is 18.1. The van der Waals surface area contributed by atoms with Crippen molar-refractivity contribution in [3.63, 3.8) is 0 Å². The van der Waals surface area contributed by atoms with Gasteiger partial charge in [-0.15, -0.1) is 0 Å². The molecule has 0 saturated carbocycles. The van der Waals surface area contributed by atoms with Crippen LogP contribution in [0.5, 0.6) is 0 Å². The van der Waals surface area contributed by atoms with Gasteiger partial charge in [-0.3, -0.25) is 19.2 Å². The molecule has 0 aromatic carbocycles. The van der Waals surface area contributed by atoms with Gasteiger partial charge in [0.1, 0.15) is 6.04 Å². The third-order valence-corrected chi connectivity index (χ3v) is 5.09. The van der Waals surface area contributed by atoms with E-state index in [1.807, 2.05) is 13.8 Å². The molecule has 166 valence electrons. The Balaban J connectivity index is 2.70. The fraction of sp³-hybridized carbons (Fsp3) is 0.810.